The van der Waals surface area contributed by atoms with Gasteiger partial charge < -0.3 is 10.0 Å². The Labute approximate surface area is 172 Å². The van der Waals surface area contributed by atoms with E-state index in [0.717, 1.165) is 28.0 Å². The van der Waals surface area contributed by atoms with Gasteiger partial charge in [-0.1, -0.05) is 35.6 Å². The number of aliphatic hydroxyl groups excluding tert-OH is 1. The molecule has 1 atom stereocenters. The predicted octanol–water partition coefficient (Wildman–Crippen LogP) is 2.03. The van der Waals surface area contributed by atoms with Crippen LogP contribution >= 0.6 is 11.3 Å². The summed E-state index contributed by atoms with van der Waals surface area (Å²) in [7, 11) is -2.20. The number of nitrogens with zero attached hydrogens (tertiary/aromatic N) is 4. The van der Waals surface area contributed by atoms with Gasteiger partial charge >= 0.3 is 0 Å². The maximum absolute atomic E-state index is 11.6. The highest BCUT2D eigenvalue weighted by Gasteiger charge is 2.22. The van der Waals surface area contributed by atoms with Gasteiger partial charge in [-0.15, -0.1) is 0 Å². The lowest BCUT2D eigenvalue weighted by molar-refractivity contribution is 0.175. The summed E-state index contributed by atoms with van der Waals surface area (Å²) in [6, 6.07) is 11.4. The normalized spacial score (nSPS) is 12.4. The molecule has 0 bridgehead atoms. The number of thiazole rings is 1. The van der Waals surface area contributed by atoms with E-state index >= 15 is 0 Å². The molecule has 8 nitrogen and oxygen atoms in total. The first-order valence-corrected chi connectivity index (χ1v) is 10.9. The van der Waals surface area contributed by atoms with Crippen molar-refractivity contribution in [2.45, 2.75) is 23.8 Å². The first-order valence-electron chi connectivity index (χ1n) is 8.54. The lowest BCUT2D eigenvalue weighted by Crippen LogP contribution is -2.33. The van der Waals surface area contributed by atoms with Crippen LogP contribution in [0, 0.1) is 18.3 Å². The molecule has 2 aromatic heterocycles. The van der Waals surface area contributed by atoms with Crippen molar-refractivity contribution in [2.24, 2.45) is 5.14 Å². The summed E-state index contributed by atoms with van der Waals surface area (Å²) >= 11 is 0.925. The average molecular weight is 430 g/mol. The number of aryl methyl sites for hydroxylation is 1. The molecule has 0 radical (unpaired) electrons. The number of anilines is 1. The van der Waals surface area contributed by atoms with Crippen LogP contribution in [-0.4, -0.2) is 36.8 Å². The topological polar surface area (TPSA) is 133 Å². The standard InChI is InChI=1S/C19H19N5O3S2/c1-12-18(29(21,26)27)28-19(23-12)24(2)17(25)8-13-3-5-15(6-4-13)16-7-14(9-20)10-22-11-16/h3-7,10-11,17,25H,8H2,1-2H3,(H2,21,26,27). The van der Waals surface area contributed by atoms with E-state index in [1.54, 1.807) is 26.2 Å². The van der Waals surface area contributed by atoms with Gasteiger partial charge in [0.2, 0.25) is 10.0 Å². The second-order valence-electron chi connectivity index (χ2n) is 6.48. The Hall–Kier alpha value is -2.84. The Morgan fingerprint density at radius 1 is 1.28 bits per heavy atom. The first kappa shape index (κ1) is 20.9. The summed E-state index contributed by atoms with van der Waals surface area (Å²) in [6.07, 6.45) is 2.61. The molecule has 3 aromatic rings. The minimum Gasteiger partial charge on any atom is -0.373 e. The van der Waals surface area contributed by atoms with Crippen molar-refractivity contribution in [2.75, 3.05) is 11.9 Å². The fraction of sp³-hybridized carbons (Fsp3) is 0.211. The lowest BCUT2D eigenvalue weighted by Gasteiger charge is -2.23. The zero-order chi connectivity index (χ0) is 21.2. The molecule has 0 saturated carbocycles. The lowest BCUT2D eigenvalue weighted by atomic mass is 10.0. The summed E-state index contributed by atoms with van der Waals surface area (Å²) in [5, 5.41) is 25.1. The van der Waals surface area contributed by atoms with Crippen molar-refractivity contribution in [3.63, 3.8) is 0 Å². The van der Waals surface area contributed by atoms with Gasteiger partial charge in [0.1, 0.15) is 12.3 Å². The number of likely N-dealkylation sites (N-methyl/N-ethyl adjacent to an activating group) is 1. The minimum absolute atomic E-state index is 0.0101. The molecule has 0 aliphatic heterocycles. The molecule has 0 fully saturated rings. The molecule has 150 valence electrons. The molecule has 3 N–H and O–H groups in total. The van der Waals surface area contributed by atoms with Gasteiger partial charge in [-0.25, -0.2) is 18.5 Å². The number of nitrogens with two attached hydrogens (primary N) is 1. The molecule has 10 heteroatoms. The van der Waals surface area contributed by atoms with Crippen LogP contribution in [0.4, 0.5) is 5.13 Å². The summed E-state index contributed by atoms with van der Waals surface area (Å²) in [5.41, 5.74) is 3.43. The van der Waals surface area contributed by atoms with E-state index < -0.39 is 16.3 Å². The monoisotopic (exact) mass is 429 g/mol. The number of aromatic nitrogens is 2. The van der Waals surface area contributed by atoms with Crippen molar-refractivity contribution < 1.29 is 13.5 Å². The van der Waals surface area contributed by atoms with Gasteiger partial charge in [-0.2, -0.15) is 5.26 Å². The minimum atomic E-state index is -3.84. The van der Waals surface area contributed by atoms with Gasteiger partial charge in [0.25, 0.3) is 0 Å². The van der Waals surface area contributed by atoms with Crippen LogP contribution in [0.15, 0.2) is 46.9 Å². The predicted molar refractivity (Wildman–Crippen MR) is 111 cm³/mol. The number of pyridine rings is 1. The smallest absolute Gasteiger partial charge is 0.249 e. The molecular formula is C19H19N5O3S2. The fourth-order valence-electron chi connectivity index (χ4n) is 2.75. The van der Waals surface area contributed by atoms with E-state index in [4.69, 9.17) is 10.4 Å². The largest absolute Gasteiger partial charge is 0.373 e. The third kappa shape index (κ3) is 4.78. The SMILES string of the molecule is Cc1nc(N(C)C(O)Cc2ccc(-c3cncc(C#N)c3)cc2)sc1S(N)(=O)=O. The van der Waals surface area contributed by atoms with Crippen molar-refractivity contribution in [1.29, 1.82) is 5.26 Å². The van der Waals surface area contributed by atoms with E-state index in [-0.39, 0.29) is 4.21 Å². The Morgan fingerprint density at radius 2 is 1.97 bits per heavy atom. The summed E-state index contributed by atoms with van der Waals surface area (Å²) in [6.45, 7) is 1.56. The zero-order valence-electron chi connectivity index (χ0n) is 15.8. The summed E-state index contributed by atoms with van der Waals surface area (Å²) in [5.74, 6) is 0. The second kappa shape index (κ2) is 8.26. The average Bonchev–Trinajstić information content (AvgIpc) is 3.10. The van der Waals surface area contributed by atoms with Crippen molar-refractivity contribution in [1.82, 2.24) is 9.97 Å². The highest BCUT2D eigenvalue weighted by Crippen LogP contribution is 2.29. The van der Waals surface area contributed by atoms with Gasteiger partial charge in [0.05, 0.1) is 11.3 Å². The number of hydrogen-bond donors (Lipinski definition) is 2. The number of aliphatic hydroxyl groups is 1. The van der Waals surface area contributed by atoms with Crippen molar-refractivity contribution >= 4 is 26.5 Å². The zero-order valence-corrected chi connectivity index (χ0v) is 17.4. The maximum Gasteiger partial charge on any atom is 0.249 e. The van der Waals surface area contributed by atoms with Gasteiger partial charge in [0.15, 0.2) is 9.34 Å². The highest BCUT2D eigenvalue weighted by atomic mass is 32.2. The number of primary sulfonamides is 1. The van der Waals surface area contributed by atoms with E-state index in [2.05, 4.69) is 16.0 Å². The first-order chi connectivity index (χ1) is 13.7. The van der Waals surface area contributed by atoms with Gasteiger partial charge in [-0.05, 0) is 24.1 Å². The third-order valence-corrected chi connectivity index (χ3v) is 7.12. The molecule has 3 rings (SSSR count). The molecular weight excluding hydrogens is 410 g/mol. The van der Waals surface area contributed by atoms with E-state index in [1.807, 2.05) is 24.3 Å². The highest BCUT2D eigenvalue weighted by molar-refractivity contribution is 7.91. The van der Waals surface area contributed by atoms with Crippen LogP contribution < -0.4 is 10.0 Å². The summed E-state index contributed by atoms with van der Waals surface area (Å²) in [4.78, 5) is 9.78. The molecule has 0 aliphatic carbocycles. The van der Waals surface area contributed by atoms with Crippen LogP contribution in [0.3, 0.4) is 0 Å². The van der Waals surface area contributed by atoms with Crippen LogP contribution in [0.25, 0.3) is 11.1 Å². The maximum atomic E-state index is 11.6. The molecule has 1 unspecified atom stereocenters. The number of sulfonamides is 1. The second-order valence-corrected chi connectivity index (χ2v) is 9.22. The molecule has 0 amide bonds. The van der Waals surface area contributed by atoms with Crippen LogP contribution in [0.2, 0.25) is 0 Å². The van der Waals surface area contributed by atoms with Crippen LogP contribution in [0.5, 0.6) is 0 Å². The summed E-state index contributed by atoms with van der Waals surface area (Å²) < 4.78 is 23.2. The van der Waals surface area contributed by atoms with Gasteiger partial charge in [-0.3, -0.25) is 4.98 Å². The Balaban J connectivity index is 1.74. The fourth-order valence-corrected chi connectivity index (χ4v) is 4.70. The van der Waals surface area contributed by atoms with E-state index in [0.29, 0.717) is 22.8 Å². The van der Waals surface area contributed by atoms with Crippen molar-refractivity contribution in [3.05, 3.63) is 59.5 Å². The Kier molecular flexibility index (Phi) is 5.95. The molecule has 2 heterocycles. The van der Waals surface area contributed by atoms with Gasteiger partial charge in [0, 0.05) is 31.4 Å². The third-order valence-electron chi connectivity index (χ3n) is 4.32. The van der Waals surface area contributed by atoms with E-state index in [1.165, 1.54) is 11.1 Å². The Bertz CT molecular complexity index is 1170. The molecule has 0 aliphatic rings. The van der Waals surface area contributed by atoms with Crippen LogP contribution in [-0.2, 0) is 16.4 Å². The molecule has 1 aromatic carbocycles. The van der Waals surface area contributed by atoms with Crippen molar-refractivity contribution in [3.8, 4) is 17.2 Å². The Morgan fingerprint density at radius 3 is 2.55 bits per heavy atom. The van der Waals surface area contributed by atoms with Crippen LogP contribution in [0.1, 0.15) is 16.8 Å². The van der Waals surface area contributed by atoms with E-state index in [9.17, 15) is 13.5 Å². The number of hydrogen-bond acceptors (Lipinski definition) is 8. The number of nitriles is 1. The molecule has 0 spiro atoms. The number of rotatable bonds is 6. The quantitative estimate of drug-likeness (QED) is 0.573. The molecule has 0 saturated heterocycles. The molecule has 29 heavy (non-hydrogen) atoms. The number of benzene rings is 1.